The molecule has 31 heavy (non-hydrogen) atoms. The van der Waals surface area contributed by atoms with Gasteiger partial charge in [0.1, 0.15) is 6.10 Å². The van der Waals surface area contributed by atoms with E-state index in [4.69, 9.17) is 4.74 Å². The molecule has 0 heterocycles. The maximum absolute atomic E-state index is 11.5. The van der Waals surface area contributed by atoms with Gasteiger partial charge in [-0.25, -0.2) is 0 Å². The van der Waals surface area contributed by atoms with Gasteiger partial charge in [0.25, 0.3) is 0 Å². The topological polar surface area (TPSA) is 26.3 Å². The number of hydrogen-bond acceptors (Lipinski definition) is 2. The van der Waals surface area contributed by atoms with Gasteiger partial charge in [0.05, 0.1) is 0 Å². The van der Waals surface area contributed by atoms with Crippen molar-refractivity contribution in [1.29, 1.82) is 0 Å². The van der Waals surface area contributed by atoms with Gasteiger partial charge in [0.2, 0.25) is 0 Å². The minimum atomic E-state index is -0.130. The number of fused-ring (bicyclic) bond motifs is 5. The fourth-order valence-electron chi connectivity index (χ4n) is 8.29. The summed E-state index contributed by atoms with van der Waals surface area (Å²) in [5.74, 6) is 4.04. The lowest BCUT2D eigenvalue weighted by atomic mass is 9.51. The smallest absolute Gasteiger partial charge is 0.302 e. The molecule has 4 rings (SSSR count). The minimum absolute atomic E-state index is 0.0883. The highest BCUT2D eigenvalue weighted by Gasteiger charge is 2.56. The number of hydrogen-bond donors (Lipinski definition) is 0. The van der Waals surface area contributed by atoms with Crippen LogP contribution in [-0.2, 0) is 9.53 Å². The van der Waals surface area contributed by atoms with Crippen LogP contribution in [0.4, 0.5) is 0 Å². The zero-order valence-electron chi connectivity index (χ0n) is 21.0. The van der Waals surface area contributed by atoms with E-state index >= 15 is 0 Å². The molecule has 0 aliphatic heterocycles. The summed E-state index contributed by atoms with van der Waals surface area (Å²) in [6.07, 6.45) is 18.0. The summed E-state index contributed by atoms with van der Waals surface area (Å²) in [4.78, 5) is 11.5. The van der Waals surface area contributed by atoms with Crippen LogP contribution in [-0.4, -0.2) is 12.1 Å². The van der Waals surface area contributed by atoms with E-state index in [0.717, 1.165) is 48.9 Å². The summed E-state index contributed by atoms with van der Waals surface area (Å²) in [6, 6.07) is 0. The zero-order chi connectivity index (χ0) is 22.4. The van der Waals surface area contributed by atoms with Gasteiger partial charge in [-0.1, -0.05) is 77.2 Å². The Bertz CT molecular complexity index is 746. The SMILES string of the molecule is CC(=O)OC1CC[C@@]2(C)C(=CC[C@@H]3C2=CC[C@]2(C)[C@@H]([C@H](C)CCCC(C)C)CC[C@@H]32)C1. The standard InChI is InChI=1S/C29H46O2/c1-19(2)8-7-9-20(3)25-12-13-26-24-11-10-22-18-23(31-21(4)30)14-16-28(22,5)27(24)15-17-29(25,26)6/h10,15,19-20,23-26H,7-9,11-14,16-18H2,1-6H3/t20-,23?,24+,25-,26+,28+,29-/m1/s1. The summed E-state index contributed by atoms with van der Waals surface area (Å²) < 4.78 is 5.59. The molecule has 4 aliphatic rings. The second-order valence-electron chi connectivity index (χ2n) is 12.3. The average Bonchev–Trinajstić information content (AvgIpc) is 3.05. The third-order valence-electron chi connectivity index (χ3n) is 9.97. The molecule has 0 spiro atoms. The Labute approximate surface area is 191 Å². The van der Waals surface area contributed by atoms with Crippen molar-refractivity contribution in [2.24, 2.45) is 40.4 Å². The quantitative estimate of drug-likeness (QED) is 0.319. The molecule has 2 nitrogen and oxygen atoms in total. The van der Waals surface area contributed by atoms with Crippen LogP contribution in [0.25, 0.3) is 0 Å². The molecular weight excluding hydrogens is 380 g/mol. The van der Waals surface area contributed by atoms with Crippen molar-refractivity contribution in [3.05, 3.63) is 23.3 Å². The van der Waals surface area contributed by atoms with Crippen LogP contribution in [0, 0.1) is 40.4 Å². The molecule has 2 saturated carbocycles. The molecule has 0 aromatic carbocycles. The number of rotatable bonds is 6. The van der Waals surface area contributed by atoms with E-state index in [1.165, 1.54) is 44.9 Å². The Kier molecular flexibility index (Phi) is 6.50. The lowest BCUT2D eigenvalue weighted by molar-refractivity contribution is -0.147. The van der Waals surface area contributed by atoms with Crippen molar-refractivity contribution >= 4 is 5.97 Å². The molecule has 0 amide bonds. The van der Waals surface area contributed by atoms with Crippen molar-refractivity contribution in [2.75, 3.05) is 0 Å². The van der Waals surface area contributed by atoms with Crippen LogP contribution >= 0.6 is 0 Å². The fraction of sp³-hybridized carbons (Fsp3) is 0.828. The fourth-order valence-corrected chi connectivity index (χ4v) is 8.29. The minimum Gasteiger partial charge on any atom is -0.462 e. The lowest BCUT2D eigenvalue weighted by Crippen LogP contribution is -2.45. The molecule has 1 unspecified atom stereocenters. The van der Waals surface area contributed by atoms with Gasteiger partial charge in [0.15, 0.2) is 0 Å². The largest absolute Gasteiger partial charge is 0.462 e. The monoisotopic (exact) mass is 426 g/mol. The normalized spacial score (nSPS) is 40.4. The van der Waals surface area contributed by atoms with Crippen LogP contribution in [0.1, 0.15) is 106 Å². The number of esters is 1. The molecule has 0 radical (unpaired) electrons. The van der Waals surface area contributed by atoms with Gasteiger partial charge in [-0.15, -0.1) is 0 Å². The molecule has 0 saturated heterocycles. The van der Waals surface area contributed by atoms with Crippen molar-refractivity contribution < 1.29 is 9.53 Å². The molecule has 0 N–H and O–H groups in total. The van der Waals surface area contributed by atoms with E-state index in [1.807, 2.05) is 0 Å². The van der Waals surface area contributed by atoms with E-state index < -0.39 is 0 Å². The highest BCUT2D eigenvalue weighted by molar-refractivity contribution is 5.66. The third-order valence-corrected chi connectivity index (χ3v) is 9.97. The molecular formula is C29H46O2. The van der Waals surface area contributed by atoms with Gasteiger partial charge in [-0.3, -0.25) is 4.79 Å². The second-order valence-corrected chi connectivity index (χ2v) is 12.3. The predicted molar refractivity (Wildman–Crippen MR) is 129 cm³/mol. The Hall–Kier alpha value is -1.05. The molecule has 0 aromatic rings. The van der Waals surface area contributed by atoms with Gasteiger partial charge in [-0.05, 0) is 73.5 Å². The van der Waals surface area contributed by atoms with Gasteiger partial charge in [-0.2, -0.15) is 0 Å². The van der Waals surface area contributed by atoms with Gasteiger partial charge < -0.3 is 4.74 Å². The zero-order valence-corrected chi connectivity index (χ0v) is 21.0. The molecule has 174 valence electrons. The average molecular weight is 427 g/mol. The lowest BCUT2D eigenvalue weighted by Gasteiger charge is -2.54. The van der Waals surface area contributed by atoms with Crippen LogP contribution in [0.15, 0.2) is 23.3 Å². The van der Waals surface area contributed by atoms with E-state index in [2.05, 4.69) is 46.8 Å². The summed E-state index contributed by atoms with van der Waals surface area (Å²) in [6.45, 7) is 13.9. The van der Waals surface area contributed by atoms with Gasteiger partial charge in [0, 0.05) is 18.8 Å². The Balaban J connectivity index is 1.50. The van der Waals surface area contributed by atoms with Crippen LogP contribution in [0.2, 0.25) is 0 Å². The first-order valence-electron chi connectivity index (χ1n) is 13.2. The summed E-state index contributed by atoms with van der Waals surface area (Å²) in [5.41, 5.74) is 4.00. The maximum Gasteiger partial charge on any atom is 0.302 e. The van der Waals surface area contributed by atoms with E-state index in [9.17, 15) is 4.79 Å². The Morgan fingerprint density at radius 3 is 2.61 bits per heavy atom. The highest BCUT2D eigenvalue weighted by Crippen LogP contribution is 2.65. The molecule has 4 aliphatic carbocycles. The predicted octanol–water partition coefficient (Wildman–Crippen LogP) is 7.88. The molecule has 2 fully saturated rings. The molecule has 7 atom stereocenters. The second kappa shape index (κ2) is 8.71. The highest BCUT2D eigenvalue weighted by atomic mass is 16.5. The number of carbonyl (C=O) groups is 1. The third kappa shape index (κ3) is 4.18. The maximum atomic E-state index is 11.5. The van der Waals surface area contributed by atoms with Crippen LogP contribution in [0.5, 0.6) is 0 Å². The van der Waals surface area contributed by atoms with Crippen molar-refractivity contribution in [1.82, 2.24) is 0 Å². The summed E-state index contributed by atoms with van der Waals surface area (Å²) in [7, 11) is 0. The van der Waals surface area contributed by atoms with Crippen molar-refractivity contribution in [2.45, 2.75) is 112 Å². The summed E-state index contributed by atoms with van der Waals surface area (Å²) in [5, 5.41) is 0. The van der Waals surface area contributed by atoms with Crippen LogP contribution < -0.4 is 0 Å². The summed E-state index contributed by atoms with van der Waals surface area (Å²) >= 11 is 0. The van der Waals surface area contributed by atoms with Gasteiger partial charge >= 0.3 is 5.97 Å². The molecule has 0 aromatic heterocycles. The van der Waals surface area contributed by atoms with E-state index in [0.29, 0.717) is 5.41 Å². The Morgan fingerprint density at radius 2 is 1.90 bits per heavy atom. The van der Waals surface area contributed by atoms with Crippen LogP contribution in [0.3, 0.4) is 0 Å². The number of allylic oxidation sites excluding steroid dienone is 3. The van der Waals surface area contributed by atoms with Crippen molar-refractivity contribution in [3.63, 3.8) is 0 Å². The molecule has 2 heteroatoms. The first-order valence-corrected chi connectivity index (χ1v) is 13.2. The first-order chi connectivity index (χ1) is 14.6. The first kappa shape index (κ1) is 23.1. The number of ether oxygens (including phenoxy) is 1. The van der Waals surface area contributed by atoms with E-state index in [-0.39, 0.29) is 17.5 Å². The molecule has 0 bridgehead atoms. The van der Waals surface area contributed by atoms with E-state index in [1.54, 1.807) is 18.1 Å². The number of carbonyl (C=O) groups excluding carboxylic acids is 1. The van der Waals surface area contributed by atoms with Crippen molar-refractivity contribution in [3.8, 4) is 0 Å². The Morgan fingerprint density at radius 1 is 1.13 bits per heavy atom.